The first-order chi connectivity index (χ1) is 6.91. The highest BCUT2D eigenvalue weighted by Gasteiger charge is 1.91. The minimum Gasteiger partial charge on any atom is -0.381 e. The van der Waals surface area contributed by atoms with Crippen LogP contribution in [0.25, 0.3) is 0 Å². The molecule has 0 atom stereocenters. The minimum absolute atomic E-state index is 0.616. The van der Waals surface area contributed by atoms with E-state index in [0.29, 0.717) is 6.61 Å². The van der Waals surface area contributed by atoms with Gasteiger partial charge in [-0.1, -0.05) is 58.3 Å². The van der Waals surface area contributed by atoms with Gasteiger partial charge >= 0.3 is 0 Å². The second-order valence-electron chi connectivity index (χ2n) is 3.79. The van der Waals surface area contributed by atoms with Crippen molar-refractivity contribution < 1.29 is 4.74 Å². The highest BCUT2D eigenvalue weighted by atomic mass is 16.5. The molecule has 14 heavy (non-hydrogen) atoms. The van der Waals surface area contributed by atoms with Gasteiger partial charge in [-0.3, -0.25) is 0 Å². The number of hydrogen-bond acceptors (Lipinski definition) is 1. The topological polar surface area (TPSA) is 9.23 Å². The molecule has 0 spiro atoms. The lowest BCUT2D eigenvalue weighted by Crippen LogP contribution is -1.93. The summed E-state index contributed by atoms with van der Waals surface area (Å²) in [5.41, 5.74) is 0. The van der Waals surface area contributed by atoms with Gasteiger partial charge in [0.15, 0.2) is 0 Å². The lowest BCUT2D eigenvalue weighted by Gasteiger charge is -2.02. The normalized spacial score (nSPS) is 10.7. The average Bonchev–Trinajstić information content (AvgIpc) is 2.21. The predicted octanol–water partition coefficient (Wildman–Crippen LogP) is 4.18. The van der Waals surface area contributed by atoms with Gasteiger partial charge in [0.05, 0.1) is 0 Å². The van der Waals surface area contributed by atoms with E-state index in [1.54, 1.807) is 0 Å². The van der Waals surface area contributed by atoms with Crippen molar-refractivity contribution in [1.82, 2.24) is 0 Å². The third-order valence-corrected chi connectivity index (χ3v) is 2.43. The monoisotopic (exact) mass is 198 g/mol. The Kier molecular flexibility index (Phi) is 12.9. The molecule has 0 rings (SSSR count). The molecule has 1 heteroatoms. The fourth-order valence-corrected chi connectivity index (χ4v) is 1.54. The lowest BCUT2D eigenvalue weighted by molar-refractivity contribution is 0.156. The minimum atomic E-state index is 0.616. The Morgan fingerprint density at radius 2 is 1.14 bits per heavy atom. The highest BCUT2D eigenvalue weighted by Crippen LogP contribution is 2.09. The molecule has 0 unspecified atom stereocenters. The van der Waals surface area contributed by atoms with E-state index in [2.05, 4.69) is 13.8 Å². The summed E-state index contributed by atoms with van der Waals surface area (Å²) in [6.45, 7) is 8.99. The third-order valence-electron chi connectivity index (χ3n) is 2.43. The average molecular weight is 198 g/mol. The molecule has 0 aromatic heterocycles. The first kappa shape index (κ1) is 14.0. The van der Waals surface area contributed by atoms with Crippen LogP contribution in [0.4, 0.5) is 0 Å². The summed E-state index contributed by atoms with van der Waals surface area (Å²) >= 11 is 0. The molecule has 0 amide bonds. The Labute approximate surface area is 90.2 Å². The molecule has 0 aromatic carbocycles. The maximum Gasteiger partial charge on any atom is 0.0466 e. The molecule has 0 aromatic rings. The molecule has 0 aliphatic heterocycles. The highest BCUT2D eigenvalue weighted by molar-refractivity contribution is 4.48. The smallest absolute Gasteiger partial charge is 0.0466 e. The molecule has 84 valence electrons. The van der Waals surface area contributed by atoms with Crippen LogP contribution >= 0.6 is 0 Å². The van der Waals surface area contributed by atoms with Gasteiger partial charge in [0.1, 0.15) is 0 Å². The van der Waals surface area contributed by atoms with Gasteiger partial charge in [-0.25, -0.2) is 0 Å². The van der Waals surface area contributed by atoms with E-state index in [4.69, 9.17) is 4.74 Å². The Balaban J connectivity index is 2.78. The van der Waals surface area contributed by atoms with Crippen LogP contribution in [0, 0.1) is 13.8 Å². The van der Waals surface area contributed by atoms with Gasteiger partial charge < -0.3 is 4.74 Å². The first-order valence-electron chi connectivity index (χ1n) is 6.08. The van der Waals surface area contributed by atoms with Gasteiger partial charge in [0.2, 0.25) is 0 Å². The second kappa shape index (κ2) is 13.0. The van der Waals surface area contributed by atoms with Crippen molar-refractivity contribution in [2.45, 2.75) is 57.8 Å². The summed E-state index contributed by atoms with van der Waals surface area (Å²) in [4.78, 5) is 0. The maximum atomic E-state index is 5.18. The molecular weight excluding hydrogens is 172 g/mol. The zero-order chi connectivity index (χ0) is 10.5. The fourth-order valence-electron chi connectivity index (χ4n) is 1.54. The molecule has 0 bridgehead atoms. The number of rotatable bonds is 11. The van der Waals surface area contributed by atoms with Gasteiger partial charge in [-0.15, -0.1) is 0 Å². The van der Waals surface area contributed by atoms with Gasteiger partial charge in [0.25, 0.3) is 0 Å². The van der Waals surface area contributed by atoms with Crippen molar-refractivity contribution in [2.24, 2.45) is 0 Å². The zero-order valence-electron chi connectivity index (χ0n) is 9.60. The molecular formula is C13H26O. The summed E-state index contributed by atoms with van der Waals surface area (Å²) < 4.78 is 5.18. The molecule has 1 nitrogen and oxygen atoms in total. The third kappa shape index (κ3) is 12.0. The predicted molar refractivity (Wildman–Crippen MR) is 63.1 cm³/mol. The van der Waals surface area contributed by atoms with E-state index in [0.717, 1.165) is 13.0 Å². The SMILES string of the molecule is [CH2]CCCCCCCCCCOC[CH2]. The number of hydrogen-bond donors (Lipinski definition) is 0. The number of unbranched alkanes of at least 4 members (excludes halogenated alkanes) is 8. The summed E-state index contributed by atoms with van der Waals surface area (Å²) in [6.07, 6.45) is 11.8. The molecule has 0 fully saturated rings. The van der Waals surface area contributed by atoms with E-state index >= 15 is 0 Å². The summed E-state index contributed by atoms with van der Waals surface area (Å²) in [6, 6.07) is 0. The van der Waals surface area contributed by atoms with Crippen LogP contribution in [0.1, 0.15) is 57.8 Å². The van der Waals surface area contributed by atoms with Gasteiger partial charge in [-0.05, 0) is 13.3 Å². The summed E-state index contributed by atoms with van der Waals surface area (Å²) in [5, 5.41) is 0. The fraction of sp³-hybridized carbons (Fsp3) is 0.846. The molecule has 0 saturated heterocycles. The molecule has 2 radical (unpaired) electrons. The quantitative estimate of drug-likeness (QED) is 0.452. The van der Waals surface area contributed by atoms with E-state index in [1.165, 1.54) is 51.4 Å². The van der Waals surface area contributed by atoms with Crippen molar-refractivity contribution in [3.05, 3.63) is 13.8 Å². The van der Waals surface area contributed by atoms with Crippen LogP contribution in [-0.2, 0) is 4.74 Å². The number of ether oxygens (including phenoxy) is 1. The van der Waals surface area contributed by atoms with Crippen LogP contribution < -0.4 is 0 Å². The van der Waals surface area contributed by atoms with Crippen molar-refractivity contribution >= 4 is 0 Å². The van der Waals surface area contributed by atoms with Crippen molar-refractivity contribution in [3.63, 3.8) is 0 Å². The van der Waals surface area contributed by atoms with E-state index in [1.807, 2.05) is 0 Å². The molecule has 0 heterocycles. The van der Waals surface area contributed by atoms with Crippen LogP contribution in [0.15, 0.2) is 0 Å². The van der Waals surface area contributed by atoms with E-state index in [9.17, 15) is 0 Å². The molecule has 0 saturated carbocycles. The van der Waals surface area contributed by atoms with Crippen LogP contribution in [0.2, 0.25) is 0 Å². The Morgan fingerprint density at radius 3 is 1.64 bits per heavy atom. The standard InChI is InChI=1S/C13H26O/c1-3-5-6-7-8-9-10-11-12-13-14-4-2/h1-13H2. The van der Waals surface area contributed by atoms with Crippen molar-refractivity contribution in [2.75, 3.05) is 13.2 Å². The van der Waals surface area contributed by atoms with Gasteiger partial charge in [-0.2, -0.15) is 0 Å². The van der Waals surface area contributed by atoms with Crippen LogP contribution in [-0.4, -0.2) is 13.2 Å². The van der Waals surface area contributed by atoms with E-state index in [-0.39, 0.29) is 0 Å². The van der Waals surface area contributed by atoms with Crippen LogP contribution in [0.5, 0.6) is 0 Å². The Bertz CT molecular complexity index is 79.2. The van der Waals surface area contributed by atoms with E-state index < -0.39 is 0 Å². The lowest BCUT2D eigenvalue weighted by atomic mass is 10.1. The van der Waals surface area contributed by atoms with Crippen molar-refractivity contribution in [1.29, 1.82) is 0 Å². The first-order valence-corrected chi connectivity index (χ1v) is 6.08. The van der Waals surface area contributed by atoms with Gasteiger partial charge in [0, 0.05) is 13.2 Å². The Hall–Kier alpha value is -0.0400. The zero-order valence-corrected chi connectivity index (χ0v) is 9.60. The molecule has 0 aliphatic rings. The van der Waals surface area contributed by atoms with Crippen LogP contribution in [0.3, 0.4) is 0 Å². The maximum absolute atomic E-state index is 5.18. The molecule has 0 N–H and O–H groups in total. The second-order valence-corrected chi connectivity index (χ2v) is 3.79. The molecule has 0 aliphatic carbocycles. The summed E-state index contributed by atoms with van der Waals surface area (Å²) in [7, 11) is 0. The summed E-state index contributed by atoms with van der Waals surface area (Å²) in [5.74, 6) is 0. The Morgan fingerprint density at radius 1 is 0.643 bits per heavy atom. The largest absolute Gasteiger partial charge is 0.381 e. The van der Waals surface area contributed by atoms with Crippen molar-refractivity contribution in [3.8, 4) is 0 Å².